The highest BCUT2D eigenvalue weighted by molar-refractivity contribution is 6.06. The van der Waals surface area contributed by atoms with Crippen LogP contribution in [0.4, 0.5) is 0 Å². The number of nitrogens with zero attached hydrogens (tertiary/aromatic N) is 1. The van der Waals surface area contributed by atoms with Crippen LogP contribution in [0, 0.1) is 13.8 Å². The zero-order chi connectivity index (χ0) is 15.7. The third-order valence-electron chi connectivity index (χ3n) is 4.07. The van der Waals surface area contributed by atoms with Crippen LogP contribution >= 0.6 is 0 Å². The maximum Gasteiger partial charge on any atom is 0.237 e. The monoisotopic (exact) mass is 293 g/mol. The van der Waals surface area contributed by atoms with Crippen LogP contribution in [0.3, 0.4) is 0 Å². The van der Waals surface area contributed by atoms with E-state index in [0.717, 1.165) is 22.3 Å². The lowest BCUT2D eigenvalue weighted by Crippen LogP contribution is -2.29. The van der Waals surface area contributed by atoms with Crippen LogP contribution in [-0.2, 0) is 16.1 Å². The molecule has 0 unspecified atom stereocenters. The molecule has 3 rings (SSSR count). The molecule has 1 saturated heterocycles. The second-order valence-electron chi connectivity index (χ2n) is 5.98. The van der Waals surface area contributed by atoms with E-state index in [9.17, 15) is 9.59 Å². The third kappa shape index (κ3) is 2.80. The second kappa shape index (κ2) is 5.76. The van der Waals surface area contributed by atoms with Crippen LogP contribution in [0.1, 0.15) is 34.6 Å². The van der Waals surface area contributed by atoms with E-state index in [1.807, 2.05) is 56.3 Å². The van der Waals surface area contributed by atoms with Crippen molar-refractivity contribution in [1.29, 1.82) is 0 Å². The summed E-state index contributed by atoms with van der Waals surface area (Å²) in [7, 11) is 0. The summed E-state index contributed by atoms with van der Waals surface area (Å²) in [4.78, 5) is 26.3. The van der Waals surface area contributed by atoms with E-state index in [1.54, 1.807) is 0 Å². The summed E-state index contributed by atoms with van der Waals surface area (Å²) in [6.45, 7) is 4.39. The van der Waals surface area contributed by atoms with Crippen molar-refractivity contribution < 1.29 is 9.59 Å². The highest BCUT2D eigenvalue weighted by Gasteiger charge is 2.39. The summed E-state index contributed by atoms with van der Waals surface area (Å²) < 4.78 is 0. The minimum Gasteiger partial charge on any atom is -0.278 e. The molecule has 22 heavy (non-hydrogen) atoms. The molecule has 1 fully saturated rings. The van der Waals surface area contributed by atoms with Crippen molar-refractivity contribution in [2.75, 3.05) is 0 Å². The van der Waals surface area contributed by atoms with Gasteiger partial charge in [-0.15, -0.1) is 0 Å². The molecule has 2 aromatic carbocycles. The molecule has 1 heterocycles. The molecule has 3 heteroatoms. The number of benzene rings is 2. The quantitative estimate of drug-likeness (QED) is 0.814. The SMILES string of the molecule is Cc1cc(C)cc([C@H]2CC(=O)N(Cc3ccccc3)C2=O)c1. The topological polar surface area (TPSA) is 37.4 Å². The van der Waals surface area contributed by atoms with Crippen LogP contribution in [0.25, 0.3) is 0 Å². The van der Waals surface area contributed by atoms with Gasteiger partial charge < -0.3 is 0 Å². The van der Waals surface area contributed by atoms with E-state index in [-0.39, 0.29) is 24.2 Å². The van der Waals surface area contributed by atoms with Gasteiger partial charge in [0, 0.05) is 6.42 Å². The molecule has 0 N–H and O–H groups in total. The van der Waals surface area contributed by atoms with Crippen molar-refractivity contribution in [3.8, 4) is 0 Å². The van der Waals surface area contributed by atoms with Gasteiger partial charge in [-0.3, -0.25) is 14.5 Å². The summed E-state index contributed by atoms with van der Waals surface area (Å²) in [5, 5.41) is 0. The molecule has 2 aromatic rings. The van der Waals surface area contributed by atoms with Gasteiger partial charge in [-0.05, 0) is 25.0 Å². The van der Waals surface area contributed by atoms with Gasteiger partial charge in [0.25, 0.3) is 0 Å². The lowest BCUT2D eigenvalue weighted by molar-refractivity contribution is -0.139. The molecule has 112 valence electrons. The fraction of sp³-hybridized carbons (Fsp3) is 0.263. The number of likely N-dealkylation sites (tertiary alicyclic amines) is 1. The first-order valence-electron chi connectivity index (χ1n) is 7.51. The predicted molar refractivity (Wildman–Crippen MR) is 85.3 cm³/mol. The van der Waals surface area contributed by atoms with Gasteiger partial charge in [-0.2, -0.15) is 0 Å². The standard InChI is InChI=1S/C19H19NO2/c1-13-8-14(2)10-16(9-13)17-11-18(21)20(19(17)22)12-15-6-4-3-5-7-15/h3-10,17H,11-12H2,1-2H3/t17-/m1/s1. The van der Waals surface area contributed by atoms with Gasteiger partial charge in [-0.25, -0.2) is 0 Å². The van der Waals surface area contributed by atoms with E-state index in [4.69, 9.17) is 0 Å². The Kier molecular flexibility index (Phi) is 3.80. The minimum atomic E-state index is -0.338. The van der Waals surface area contributed by atoms with Crippen molar-refractivity contribution in [2.24, 2.45) is 0 Å². The fourth-order valence-electron chi connectivity index (χ4n) is 3.09. The zero-order valence-electron chi connectivity index (χ0n) is 12.9. The number of carbonyl (C=O) groups excluding carboxylic acids is 2. The lowest BCUT2D eigenvalue weighted by atomic mass is 9.94. The van der Waals surface area contributed by atoms with Crippen LogP contribution < -0.4 is 0 Å². The molecule has 0 spiro atoms. The highest BCUT2D eigenvalue weighted by atomic mass is 16.2. The first-order valence-corrected chi connectivity index (χ1v) is 7.51. The van der Waals surface area contributed by atoms with Gasteiger partial charge in [0.15, 0.2) is 0 Å². The smallest absolute Gasteiger partial charge is 0.237 e. The zero-order valence-corrected chi connectivity index (χ0v) is 12.9. The average molecular weight is 293 g/mol. The first kappa shape index (κ1) is 14.5. The normalized spacial score (nSPS) is 18.1. The Bertz CT molecular complexity index is 701. The molecule has 0 aliphatic carbocycles. The van der Waals surface area contributed by atoms with Gasteiger partial charge in [0.05, 0.1) is 12.5 Å². The van der Waals surface area contributed by atoms with Gasteiger partial charge in [-0.1, -0.05) is 59.7 Å². The first-order chi connectivity index (χ1) is 10.5. The van der Waals surface area contributed by atoms with Crippen molar-refractivity contribution in [1.82, 2.24) is 4.90 Å². The molecule has 0 bridgehead atoms. The Hall–Kier alpha value is -2.42. The number of carbonyl (C=O) groups is 2. The number of rotatable bonds is 3. The lowest BCUT2D eigenvalue weighted by Gasteiger charge is -2.15. The number of aryl methyl sites for hydroxylation is 2. The maximum atomic E-state index is 12.6. The summed E-state index contributed by atoms with van der Waals surface area (Å²) >= 11 is 0. The summed E-state index contributed by atoms with van der Waals surface area (Å²) in [6.07, 6.45) is 0.272. The fourth-order valence-corrected chi connectivity index (χ4v) is 3.09. The summed E-state index contributed by atoms with van der Waals surface area (Å²) in [6, 6.07) is 15.7. The number of hydrogen-bond acceptors (Lipinski definition) is 2. The third-order valence-corrected chi connectivity index (χ3v) is 4.07. The highest BCUT2D eigenvalue weighted by Crippen LogP contribution is 2.31. The van der Waals surface area contributed by atoms with Crippen LogP contribution in [-0.4, -0.2) is 16.7 Å². The predicted octanol–water partition coefficient (Wildman–Crippen LogP) is 3.35. The molecule has 3 nitrogen and oxygen atoms in total. The van der Waals surface area contributed by atoms with E-state index >= 15 is 0 Å². The maximum absolute atomic E-state index is 12.6. The Morgan fingerprint density at radius 1 is 1.00 bits per heavy atom. The minimum absolute atomic E-state index is 0.0844. The molecule has 1 aliphatic heterocycles. The van der Waals surface area contributed by atoms with E-state index in [2.05, 4.69) is 6.07 Å². The molecule has 1 atom stereocenters. The number of amides is 2. The van der Waals surface area contributed by atoms with Gasteiger partial charge >= 0.3 is 0 Å². The van der Waals surface area contributed by atoms with Crippen molar-refractivity contribution in [3.63, 3.8) is 0 Å². The summed E-state index contributed by atoms with van der Waals surface area (Å²) in [5.41, 5.74) is 4.17. The van der Waals surface area contributed by atoms with Gasteiger partial charge in [0.1, 0.15) is 0 Å². The largest absolute Gasteiger partial charge is 0.278 e. The van der Waals surface area contributed by atoms with E-state index in [0.29, 0.717) is 6.54 Å². The molecule has 2 amide bonds. The molecule has 0 radical (unpaired) electrons. The van der Waals surface area contributed by atoms with Crippen molar-refractivity contribution in [3.05, 3.63) is 70.8 Å². The van der Waals surface area contributed by atoms with Crippen LogP contribution in [0.5, 0.6) is 0 Å². The Labute approximate surface area is 130 Å². The van der Waals surface area contributed by atoms with Crippen molar-refractivity contribution >= 4 is 11.8 Å². The van der Waals surface area contributed by atoms with Crippen molar-refractivity contribution in [2.45, 2.75) is 32.7 Å². The molecular formula is C19H19NO2. The van der Waals surface area contributed by atoms with E-state index in [1.165, 1.54) is 4.90 Å². The molecule has 0 aromatic heterocycles. The summed E-state index contributed by atoms with van der Waals surface area (Å²) in [5.74, 6) is -0.508. The number of hydrogen-bond donors (Lipinski definition) is 0. The molecular weight excluding hydrogens is 274 g/mol. The molecule has 0 saturated carbocycles. The second-order valence-corrected chi connectivity index (χ2v) is 5.98. The average Bonchev–Trinajstić information content (AvgIpc) is 2.75. The Morgan fingerprint density at radius 2 is 1.64 bits per heavy atom. The number of imide groups is 1. The van der Waals surface area contributed by atoms with E-state index < -0.39 is 0 Å². The van der Waals surface area contributed by atoms with Crippen LogP contribution in [0.15, 0.2) is 48.5 Å². The van der Waals surface area contributed by atoms with Gasteiger partial charge in [0.2, 0.25) is 11.8 Å². The Balaban J connectivity index is 1.85. The van der Waals surface area contributed by atoms with Crippen LogP contribution in [0.2, 0.25) is 0 Å². The Morgan fingerprint density at radius 3 is 2.27 bits per heavy atom. The molecule has 1 aliphatic rings.